The van der Waals surface area contributed by atoms with Crippen LogP contribution in [0.2, 0.25) is 0 Å². The van der Waals surface area contributed by atoms with Crippen LogP contribution in [0.1, 0.15) is 24.8 Å². The van der Waals surface area contributed by atoms with E-state index in [2.05, 4.69) is 4.98 Å². The molecule has 0 unspecified atom stereocenters. The van der Waals surface area contributed by atoms with Crippen LogP contribution in [0.15, 0.2) is 24.4 Å². The van der Waals surface area contributed by atoms with Gasteiger partial charge in [-0.15, -0.1) is 0 Å². The minimum atomic E-state index is -0.248. The molecule has 1 atom stereocenters. The van der Waals surface area contributed by atoms with Gasteiger partial charge in [0.2, 0.25) is 0 Å². The molecule has 0 aliphatic carbocycles. The number of benzene rings is 1. The number of H-pyrrole nitrogens is 1. The summed E-state index contributed by atoms with van der Waals surface area (Å²) < 4.78 is 13.1. The Labute approximate surface area is 87.1 Å². The summed E-state index contributed by atoms with van der Waals surface area (Å²) in [5.41, 5.74) is 1.90. The molecule has 0 spiro atoms. The standard InChI is InChI=1S/C12H12FNO/c1-8(4-5-15)11-7-14-12-3-2-9(13)6-10(11)12/h2-3,5-8,14H,4H2,1H3/t8-/m1/s1. The third-order valence-corrected chi connectivity index (χ3v) is 2.66. The first-order valence-electron chi connectivity index (χ1n) is 4.92. The van der Waals surface area contributed by atoms with Gasteiger partial charge in [-0.05, 0) is 29.7 Å². The number of aromatic amines is 1. The third-order valence-electron chi connectivity index (χ3n) is 2.66. The second kappa shape index (κ2) is 3.85. The lowest BCUT2D eigenvalue weighted by Gasteiger charge is -2.05. The van der Waals surface area contributed by atoms with Gasteiger partial charge in [0, 0.05) is 23.5 Å². The van der Waals surface area contributed by atoms with Gasteiger partial charge in [-0.2, -0.15) is 0 Å². The third kappa shape index (κ3) is 1.77. The van der Waals surface area contributed by atoms with E-state index >= 15 is 0 Å². The van der Waals surface area contributed by atoms with E-state index in [0.29, 0.717) is 6.42 Å². The van der Waals surface area contributed by atoms with Crippen LogP contribution in [0.3, 0.4) is 0 Å². The smallest absolute Gasteiger partial charge is 0.123 e. The average Bonchev–Trinajstić information content (AvgIpc) is 2.60. The van der Waals surface area contributed by atoms with Gasteiger partial charge in [0.25, 0.3) is 0 Å². The monoisotopic (exact) mass is 205 g/mol. The lowest BCUT2D eigenvalue weighted by Crippen LogP contribution is -1.92. The van der Waals surface area contributed by atoms with Crippen molar-refractivity contribution >= 4 is 17.2 Å². The Hall–Kier alpha value is -1.64. The highest BCUT2D eigenvalue weighted by Crippen LogP contribution is 2.27. The number of rotatable bonds is 3. The summed E-state index contributed by atoms with van der Waals surface area (Å²) in [5.74, 6) is -0.125. The minimum Gasteiger partial charge on any atom is -0.361 e. The number of hydrogen-bond acceptors (Lipinski definition) is 1. The molecule has 0 saturated heterocycles. The molecule has 3 heteroatoms. The zero-order chi connectivity index (χ0) is 10.8. The highest BCUT2D eigenvalue weighted by Gasteiger charge is 2.11. The van der Waals surface area contributed by atoms with E-state index in [4.69, 9.17) is 0 Å². The highest BCUT2D eigenvalue weighted by molar-refractivity contribution is 5.84. The zero-order valence-corrected chi connectivity index (χ0v) is 8.46. The summed E-state index contributed by atoms with van der Waals surface area (Å²) in [6.45, 7) is 1.96. The van der Waals surface area contributed by atoms with Crippen LogP contribution in [0.25, 0.3) is 10.9 Å². The fourth-order valence-corrected chi connectivity index (χ4v) is 1.79. The fraction of sp³-hybridized carbons (Fsp3) is 0.250. The van der Waals surface area contributed by atoms with Crippen LogP contribution in [0, 0.1) is 5.82 Å². The van der Waals surface area contributed by atoms with Gasteiger partial charge >= 0.3 is 0 Å². The molecule has 0 fully saturated rings. The van der Waals surface area contributed by atoms with Crippen LogP contribution in [0.5, 0.6) is 0 Å². The minimum absolute atomic E-state index is 0.123. The molecule has 1 N–H and O–H groups in total. The molecule has 0 amide bonds. The van der Waals surface area contributed by atoms with Crippen molar-refractivity contribution in [2.24, 2.45) is 0 Å². The predicted octanol–water partition coefficient (Wildman–Crippen LogP) is 3.00. The summed E-state index contributed by atoms with van der Waals surface area (Å²) in [7, 11) is 0. The lowest BCUT2D eigenvalue weighted by atomic mass is 9.98. The van der Waals surface area contributed by atoms with E-state index < -0.39 is 0 Å². The Morgan fingerprint density at radius 3 is 3.07 bits per heavy atom. The van der Waals surface area contributed by atoms with Crippen molar-refractivity contribution in [1.29, 1.82) is 0 Å². The Balaban J connectivity index is 2.51. The van der Waals surface area contributed by atoms with Gasteiger partial charge in [-0.1, -0.05) is 6.92 Å². The van der Waals surface area contributed by atoms with Crippen molar-refractivity contribution in [3.8, 4) is 0 Å². The summed E-state index contributed by atoms with van der Waals surface area (Å²) in [4.78, 5) is 13.5. The molecule has 2 aromatic rings. The van der Waals surface area contributed by atoms with Crippen LogP contribution in [0.4, 0.5) is 4.39 Å². The number of carbonyl (C=O) groups excluding carboxylic acids is 1. The first-order valence-corrected chi connectivity index (χ1v) is 4.92. The maximum Gasteiger partial charge on any atom is 0.123 e. The quantitative estimate of drug-likeness (QED) is 0.767. The van der Waals surface area contributed by atoms with Gasteiger partial charge in [0.15, 0.2) is 0 Å². The zero-order valence-electron chi connectivity index (χ0n) is 8.46. The van der Waals surface area contributed by atoms with Gasteiger partial charge in [0.1, 0.15) is 12.1 Å². The summed E-state index contributed by atoms with van der Waals surface area (Å²) in [5, 5.41) is 0.865. The molecule has 0 saturated carbocycles. The van der Waals surface area contributed by atoms with Crippen LogP contribution < -0.4 is 0 Å². The SMILES string of the molecule is C[C@H](CC=O)c1c[nH]c2ccc(F)cc12. The molecule has 2 nitrogen and oxygen atoms in total. The molecule has 1 aromatic carbocycles. The van der Waals surface area contributed by atoms with Crippen molar-refractivity contribution in [3.05, 3.63) is 35.8 Å². The lowest BCUT2D eigenvalue weighted by molar-refractivity contribution is -0.108. The molecule has 0 aliphatic rings. The highest BCUT2D eigenvalue weighted by atomic mass is 19.1. The topological polar surface area (TPSA) is 32.9 Å². The maximum atomic E-state index is 13.1. The predicted molar refractivity (Wildman–Crippen MR) is 57.4 cm³/mol. The molecule has 0 bridgehead atoms. The molecule has 2 rings (SSSR count). The molecule has 15 heavy (non-hydrogen) atoms. The van der Waals surface area contributed by atoms with E-state index in [1.54, 1.807) is 6.07 Å². The second-order valence-corrected chi connectivity index (χ2v) is 3.74. The molecule has 1 heterocycles. The Morgan fingerprint density at radius 1 is 1.53 bits per heavy atom. The van der Waals surface area contributed by atoms with Crippen molar-refractivity contribution in [1.82, 2.24) is 4.98 Å². The second-order valence-electron chi connectivity index (χ2n) is 3.74. The normalized spacial score (nSPS) is 12.9. The van der Waals surface area contributed by atoms with Crippen molar-refractivity contribution in [2.45, 2.75) is 19.3 Å². The molecular formula is C12H12FNO. The molecule has 78 valence electrons. The molecule has 0 aliphatic heterocycles. The average molecular weight is 205 g/mol. The Kier molecular flexibility index (Phi) is 2.54. The first-order chi connectivity index (χ1) is 7.22. The van der Waals surface area contributed by atoms with E-state index in [1.165, 1.54) is 12.1 Å². The van der Waals surface area contributed by atoms with Crippen molar-refractivity contribution in [3.63, 3.8) is 0 Å². The van der Waals surface area contributed by atoms with E-state index in [9.17, 15) is 9.18 Å². The van der Waals surface area contributed by atoms with Gasteiger partial charge in [0.05, 0.1) is 0 Å². The Bertz CT molecular complexity index is 489. The van der Waals surface area contributed by atoms with Crippen LogP contribution in [-0.4, -0.2) is 11.3 Å². The number of hydrogen-bond donors (Lipinski definition) is 1. The largest absolute Gasteiger partial charge is 0.361 e. The number of fused-ring (bicyclic) bond motifs is 1. The summed E-state index contributed by atoms with van der Waals surface area (Å²) >= 11 is 0. The van der Waals surface area contributed by atoms with E-state index in [-0.39, 0.29) is 11.7 Å². The maximum absolute atomic E-state index is 13.1. The Morgan fingerprint density at radius 2 is 2.33 bits per heavy atom. The fourth-order valence-electron chi connectivity index (χ4n) is 1.79. The van der Waals surface area contributed by atoms with Gasteiger partial charge in [-0.25, -0.2) is 4.39 Å². The summed E-state index contributed by atoms with van der Waals surface area (Å²) in [6.07, 6.45) is 3.20. The van der Waals surface area contributed by atoms with Crippen LogP contribution >= 0.6 is 0 Å². The van der Waals surface area contributed by atoms with Crippen LogP contribution in [-0.2, 0) is 4.79 Å². The van der Waals surface area contributed by atoms with Crippen molar-refractivity contribution < 1.29 is 9.18 Å². The number of halogens is 1. The molecular weight excluding hydrogens is 193 g/mol. The van der Waals surface area contributed by atoms with Crippen molar-refractivity contribution in [2.75, 3.05) is 0 Å². The van der Waals surface area contributed by atoms with Gasteiger partial charge in [-0.3, -0.25) is 0 Å². The number of nitrogens with one attached hydrogen (secondary N) is 1. The molecule has 1 aromatic heterocycles. The number of carbonyl (C=O) groups is 1. The van der Waals surface area contributed by atoms with Gasteiger partial charge < -0.3 is 9.78 Å². The number of aromatic nitrogens is 1. The van der Waals surface area contributed by atoms with E-state index in [0.717, 1.165) is 22.8 Å². The summed E-state index contributed by atoms with van der Waals surface area (Å²) in [6, 6.07) is 4.64. The number of aldehydes is 1. The first kappa shape index (κ1) is 9.90. The molecule has 0 radical (unpaired) electrons. The van der Waals surface area contributed by atoms with E-state index in [1.807, 2.05) is 13.1 Å².